The molecule has 1 aliphatic heterocycles. The molecule has 1 aliphatic rings. The number of para-hydroxylation sites is 2. The van der Waals surface area contributed by atoms with E-state index in [0.29, 0.717) is 32.7 Å². The normalized spacial score (nSPS) is 16.4. The first-order chi connectivity index (χ1) is 13.4. The van der Waals surface area contributed by atoms with Crippen LogP contribution in [0.3, 0.4) is 0 Å². The number of sulfonamides is 1. The molecule has 3 aromatic rings. The van der Waals surface area contributed by atoms with Crippen LogP contribution in [0, 0.1) is 10.1 Å². The van der Waals surface area contributed by atoms with Gasteiger partial charge in [0.05, 0.1) is 27.4 Å². The largest absolute Gasteiger partial charge is 0.341 e. The summed E-state index contributed by atoms with van der Waals surface area (Å²) in [5, 5.41) is 10.9. The van der Waals surface area contributed by atoms with Gasteiger partial charge in [-0.3, -0.25) is 15.0 Å². The zero-order valence-electron chi connectivity index (χ0n) is 15.0. The maximum Gasteiger partial charge on any atom is 0.270 e. The van der Waals surface area contributed by atoms with E-state index in [2.05, 4.69) is 14.9 Å². The van der Waals surface area contributed by atoms with Gasteiger partial charge in [-0.1, -0.05) is 18.2 Å². The molecule has 146 valence electrons. The number of hydrogen-bond acceptors (Lipinski definition) is 6. The lowest BCUT2D eigenvalue weighted by molar-refractivity contribution is -0.385. The van der Waals surface area contributed by atoms with Gasteiger partial charge in [0.2, 0.25) is 10.0 Å². The second-order valence-corrected chi connectivity index (χ2v) is 8.57. The minimum Gasteiger partial charge on any atom is -0.341 e. The van der Waals surface area contributed by atoms with E-state index in [0.717, 1.165) is 22.9 Å². The fraction of sp³-hybridized carbons (Fsp3) is 0.278. The van der Waals surface area contributed by atoms with Crippen LogP contribution in [0.4, 0.5) is 5.69 Å². The van der Waals surface area contributed by atoms with Crippen molar-refractivity contribution in [3.05, 3.63) is 64.5 Å². The summed E-state index contributed by atoms with van der Waals surface area (Å²) in [6, 6.07) is 13.0. The number of aromatic nitrogens is 2. The van der Waals surface area contributed by atoms with Crippen molar-refractivity contribution >= 4 is 26.7 Å². The summed E-state index contributed by atoms with van der Waals surface area (Å²) in [6.45, 7) is 2.38. The Balaban J connectivity index is 1.43. The number of fused-ring (bicyclic) bond motifs is 1. The van der Waals surface area contributed by atoms with Gasteiger partial charge in [0.25, 0.3) is 5.69 Å². The van der Waals surface area contributed by atoms with Crippen LogP contribution in [0.5, 0.6) is 0 Å². The molecule has 1 fully saturated rings. The molecule has 2 aromatic carbocycles. The van der Waals surface area contributed by atoms with Crippen LogP contribution in [0.2, 0.25) is 0 Å². The minimum atomic E-state index is -3.76. The predicted octanol–water partition coefficient (Wildman–Crippen LogP) is 1.98. The standard InChI is InChI=1S/C18H19N5O4S/c24-23(25)14-4-3-5-15(12-14)28(26,27)22-10-8-21(9-11-22)13-18-19-16-6-1-2-7-17(16)20-18/h1-7,12H,8-11,13H2,(H,19,20). The second kappa shape index (κ2) is 7.30. The van der Waals surface area contributed by atoms with Crippen molar-refractivity contribution in [1.29, 1.82) is 0 Å². The summed E-state index contributed by atoms with van der Waals surface area (Å²) in [7, 11) is -3.76. The number of nitro groups is 1. The third-order valence-electron chi connectivity index (χ3n) is 4.81. The van der Waals surface area contributed by atoms with Gasteiger partial charge < -0.3 is 4.98 Å². The van der Waals surface area contributed by atoms with Crippen molar-refractivity contribution in [3.8, 4) is 0 Å². The van der Waals surface area contributed by atoms with Crippen molar-refractivity contribution in [2.24, 2.45) is 0 Å². The van der Waals surface area contributed by atoms with Crippen LogP contribution in [0.15, 0.2) is 53.4 Å². The van der Waals surface area contributed by atoms with Crippen LogP contribution < -0.4 is 0 Å². The van der Waals surface area contributed by atoms with E-state index in [4.69, 9.17) is 0 Å². The summed E-state index contributed by atoms with van der Waals surface area (Å²) in [5.41, 5.74) is 1.65. The number of nitrogens with zero attached hydrogens (tertiary/aromatic N) is 4. The van der Waals surface area contributed by atoms with Gasteiger partial charge in [0, 0.05) is 38.3 Å². The number of benzene rings is 2. The van der Waals surface area contributed by atoms with Gasteiger partial charge in [-0.15, -0.1) is 0 Å². The lowest BCUT2D eigenvalue weighted by Crippen LogP contribution is -2.48. The molecule has 0 amide bonds. The quantitative estimate of drug-likeness (QED) is 0.517. The van der Waals surface area contributed by atoms with Crippen molar-refractivity contribution < 1.29 is 13.3 Å². The molecule has 0 saturated carbocycles. The Bertz CT molecular complexity index is 1090. The highest BCUT2D eigenvalue weighted by Crippen LogP contribution is 2.22. The first-order valence-electron chi connectivity index (χ1n) is 8.84. The van der Waals surface area contributed by atoms with Crippen molar-refractivity contribution in [3.63, 3.8) is 0 Å². The molecule has 0 bridgehead atoms. The van der Waals surface area contributed by atoms with Gasteiger partial charge >= 0.3 is 0 Å². The number of aromatic amines is 1. The smallest absolute Gasteiger partial charge is 0.270 e. The zero-order valence-corrected chi connectivity index (χ0v) is 15.8. The average molecular weight is 401 g/mol. The van der Waals surface area contributed by atoms with Crippen LogP contribution in [-0.2, 0) is 16.6 Å². The Morgan fingerprint density at radius 2 is 1.82 bits per heavy atom. The third kappa shape index (κ3) is 3.61. The third-order valence-corrected chi connectivity index (χ3v) is 6.70. The summed E-state index contributed by atoms with van der Waals surface area (Å²) in [4.78, 5) is 20.2. The molecule has 0 aliphatic carbocycles. The van der Waals surface area contributed by atoms with Gasteiger partial charge in [-0.2, -0.15) is 4.31 Å². The highest BCUT2D eigenvalue weighted by atomic mass is 32.2. The summed E-state index contributed by atoms with van der Waals surface area (Å²) < 4.78 is 27.0. The maximum atomic E-state index is 12.8. The van der Waals surface area contributed by atoms with Gasteiger partial charge in [-0.25, -0.2) is 13.4 Å². The van der Waals surface area contributed by atoms with Crippen molar-refractivity contribution in [2.45, 2.75) is 11.4 Å². The molecule has 4 rings (SSSR count). The highest BCUT2D eigenvalue weighted by molar-refractivity contribution is 7.89. The van der Waals surface area contributed by atoms with E-state index >= 15 is 0 Å². The number of H-pyrrole nitrogens is 1. The van der Waals surface area contributed by atoms with Crippen LogP contribution in [-0.4, -0.2) is 58.7 Å². The van der Waals surface area contributed by atoms with Crippen LogP contribution in [0.25, 0.3) is 11.0 Å². The molecule has 0 radical (unpaired) electrons. The number of nitrogens with one attached hydrogen (secondary N) is 1. The van der Waals surface area contributed by atoms with Gasteiger partial charge in [0.1, 0.15) is 5.82 Å². The Morgan fingerprint density at radius 1 is 1.07 bits per heavy atom. The molecule has 1 saturated heterocycles. The highest BCUT2D eigenvalue weighted by Gasteiger charge is 2.29. The minimum absolute atomic E-state index is 0.0487. The van der Waals surface area contributed by atoms with E-state index in [1.807, 2.05) is 24.3 Å². The molecule has 1 N–H and O–H groups in total. The molecule has 0 atom stereocenters. The van der Waals surface area contributed by atoms with E-state index in [1.165, 1.54) is 22.5 Å². The SMILES string of the molecule is O=[N+]([O-])c1cccc(S(=O)(=O)N2CCN(Cc3nc4ccccc4[nH]3)CC2)c1. The Hall–Kier alpha value is -2.82. The number of nitro benzene ring substituents is 1. The zero-order chi connectivity index (χ0) is 19.7. The molecular formula is C18H19N5O4S. The number of non-ortho nitro benzene ring substituents is 1. The molecule has 10 heteroatoms. The number of piperazine rings is 1. The van der Waals surface area contributed by atoms with Crippen molar-refractivity contribution in [2.75, 3.05) is 26.2 Å². The number of rotatable bonds is 5. The summed E-state index contributed by atoms with van der Waals surface area (Å²) >= 11 is 0. The first kappa shape index (κ1) is 18.5. The lowest BCUT2D eigenvalue weighted by Gasteiger charge is -2.33. The Labute approximate surface area is 161 Å². The van der Waals surface area contributed by atoms with E-state index < -0.39 is 14.9 Å². The van der Waals surface area contributed by atoms with Gasteiger partial charge in [0.15, 0.2) is 0 Å². The molecule has 0 spiro atoms. The fourth-order valence-electron chi connectivity index (χ4n) is 3.33. The second-order valence-electron chi connectivity index (χ2n) is 6.64. The lowest BCUT2D eigenvalue weighted by atomic mass is 10.3. The molecule has 0 unspecified atom stereocenters. The Kier molecular flexibility index (Phi) is 4.84. The maximum absolute atomic E-state index is 12.8. The monoisotopic (exact) mass is 401 g/mol. The topological polar surface area (TPSA) is 112 Å². The summed E-state index contributed by atoms with van der Waals surface area (Å²) in [5.74, 6) is 0.844. The van der Waals surface area contributed by atoms with Crippen LogP contribution >= 0.6 is 0 Å². The van der Waals surface area contributed by atoms with Gasteiger partial charge in [-0.05, 0) is 18.2 Å². The van der Waals surface area contributed by atoms with Crippen LogP contribution in [0.1, 0.15) is 5.82 Å². The van der Waals surface area contributed by atoms with E-state index in [-0.39, 0.29) is 10.6 Å². The fourth-order valence-corrected chi connectivity index (χ4v) is 4.79. The summed E-state index contributed by atoms with van der Waals surface area (Å²) in [6.07, 6.45) is 0. The average Bonchev–Trinajstić information content (AvgIpc) is 3.10. The molecule has 9 nitrogen and oxygen atoms in total. The molecule has 2 heterocycles. The predicted molar refractivity (Wildman–Crippen MR) is 103 cm³/mol. The molecular weight excluding hydrogens is 382 g/mol. The van der Waals surface area contributed by atoms with E-state index in [9.17, 15) is 18.5 Å². The molecule has 28 heavy (non-hydrogen) atoms. The first-order valence-corrected chi connectivity index (χ1v) is 10.3. The van der Waals surface area contributed by atoms with Crippen molar-refractivity contribution in [1.82, 2.24) is 19.2 Å². The number of hydrogen-bond donors (Lipinski definition) is 1. The molecule has 1 aromatic heterocycles. The Morgan fingerprint density at radius 3 is 2.54 bits per heavy atom. The number of imidazole rings is 1. The van der Waals surface area contributed by atoms with E-state index in [1.54, 1.807) is 0 Å².